The summed E-state index contributed by atoms with van der Waals surface area (Å²) in [6.07, 6.45) is 3.01. The van der Waals surface area contributed by atoms with Gasteiger partial charge in [-0.2, -0.15) is 0 Å². The van der Waals surface area contributed by atoms with Crippen molar-refractivity contribution >= 4 is 23.2 Å². The zero-order valence-electron chi connectivity index (χ0n) is 13.4. The number of benzene rings is 2. The minimum Gasteiger partial charge on any atom is -0.322 e. The van der Waals surface area contributed by atoms with Crippen LogP contribution in [0.1, 0.15) is 20.7 Å². The largest absolute Gasteiger partial charge is 0.322 e. The fraction of sp³-hybridized carbons (Fsp3) is 0. The summed E-state index contributed by atoms with van der Waals surface area (Å²) < 4.78 is 26.2. The summed E-state index contributed by atoms with van der Waals surface area (Å²) in [7, 11) is 0. The Kier molecular flexibility index (Phi) is 4.98. The molecule has 0 unspecified atom stereocenters. The number of anilines is 2. The molecule has 2 N–H and O–H groups in total. The number of hydrogen-bond acceptors (Lipinski definition) is 3. The molecule has 0 atom stereocenters. The summed E-state index contributed by atoms with van der Waals surface area (Å²) in [6.45, 7) is 0. The van der Waals surface area contributed by atoms with E-state index in [0.717, 1.165) is 12.1 Å². The highest BCUT2D eigenvalue weighted by Crippen LogP contribution is 2.18. The molecule has 130 valence electrons. The Morgan fingerprint density at radius 2 is 1.35 bits per heavy atom. The fourth-order valence-electron chi connectivity index (χ4n) is 2.22. The van der Waals surface area contributed by atoms with E-state index in [-0.39, 0.29) is 11.5 Å². The molecule has 0 saturated carbocycles. The fourth-order valence-corrected chi connectivity index (χ4v) is 2.22. The van der Waals surface area contributed by atoms with Gasteiger partial charge in [-0.1, -0.05) is 6.07 Å². The summed E-state index contributed by atoms with van der Waals surface area (Å²) >= 11 is 0. The Labute approximate surface area is 147 Å². The van der Waals surface area contributed by atoms with Crippen LogP contribution in [0.15, 0.2) is 67.0 Å². The highest BCUT2D eigenvalue weighted by atomic mass is 19.2. The summed E-state index contributed by atoms with van der Waals surface area (Å²) in [5.41, 5.74) is 1.29. The molecular weight excluding hydrogens is 340 g/mol. The summed E-state index contributed by atoms with van der Waals surface area (Å²) in [4.78, 5) is 28.1. The molecule has 7 heteroatoms. The number of aromatic nitrogens is 1. The van der Waals surface area contributed by atoms with Gasteiger partial charge in [0.25, 0.3) is 11.8 Å². The first-order valence-corrected chi connectivity index (χ1v) is 7.61. The lowest BCUT2D eigenvalue weighted by Crippen LogP contribution is -2.14. The molecule has 0 aliphatic heterocycles. The molecule has 5 nitrogen and oxygen atoms in total. The standard InChI is InChI=1S/C19H13F2N3O2/c20-16-5-4-13(10-17(16)21)19(26)24-15-3-1-2-14(11-15)23-18(25)12-6-8-22-9-7-12/h1-11H,(H,23,25)(H,24,26). The quantitative estimate of drug-likeness (QED) is 0.748. The summed E-state index contributed by atoms with van der Waals surface area (Å²) in [5.74, 6) is -3.05. The van der Waals surface area contributed by atoms with Gasteiger partial charge >= 0.3 is 0 Å². The van der Waals surface area contributed by atoms with Crippen LogP contribution in [0.25, 0.3) is 0 Å². The Hall–Kier alpha value is -3.61. The third kappa shape index (κ3) is 4.07. The van der Waals surface area contributed by atoms with Gasteiger partial charge in [0, 0.05) is 34.9 Å². The SMILES string of the molecule is O=C(Nc1cccc(NC(=O)c2ccc(F)c(F)c2)c1)c1ccncc1. The second kappa shape index (κ2) is 7.52. The highest BCUT2D eigenvalue weighted by molar-refractivity contribution is 6.06. The average Bonchev–Trinajstić information content (AvgIpc) is 2.65. The molecule has 26 heavy (non-hydrogen) atoms. The second-order valence-electron chi connectivity index (χ2n) is 5.35. The van der Waals surface area contributed by atoms with Crippen LogP contribution in [-0.2, 0) is 0 Å². The molecule has 0 radical (unpaired) electrons. The third-order valence-electron chi connectivity index (χ3n) is 3.50. The number of nitrogens with one attached hydrogen (secondary N) is 2. The van der Waals surface area contributed by atoms with Gasteiger partial charge in [-0.05, 0) is 48.5 Å². The maximum Gasteiger partial charge on any atom is 0.255 e. The van der Waals surface area contributed by atoms with Crippen LogP contribution in [-0.4, -0.2) is 16.8 Å². The molecule has 0 spiro atoms. The lowest BCUT2D eigenvalue weighted by atomic mass is 10.2. The number of nitrogens with zero attached hydrogens (tertiary/aromatic N) is 1. The first-order chi connectivity index (χ1) is 12.5. The zero-order valence-corrected chi connectivity index (χ0v) is 13.4. The molecule has 1 aromatic heterocycles. The molecule has 1 heterocycles. The van der Waals surface area contributed by atoms with Gasteiger partial charge in [-0.25, -0.2) is 8.78 Å². The van der Waals surface area contributed by atoms with Crippen LogP contribution in [0.5, 0.6) is 0 Å². The molecular formula is C19H13F2N3O2. The number of halogens is 2. The van der Waals surface area contributed by atoms with E-state index in [2.05, 4.69) is 15.6 Å². The molecule has 2 aromatic carbocycles. The predicted octanol–water partition coefficient (Wildman–Crippen LogP) is 3.86. The van der Waals surface area contributed by atoms with Crippen molar-refractivity contribution in [2.45, 2.75) is 0 Å². The van der Waals surface area contributed by atoms with E-state index in [9.17, 15) is 18.4 Å². The van der Waals surface area contributed by atoms with E-state index in [1.165, 1.54) is 18.5 Å². The third-order valence-corrected chi connectivity index (χ3v) is 3.50. The minimum atomic E-state index is -1.10. The van der Waals surface area contributed by atoms with E-state index >= 15 is 0 Å². The molecule has 0 saturated heterocycles. The molecule has 3 aromatic rings. The van der Waals surface area contributed by atoms with Crippen molar-refractivity contribution in [1.29, 1.82) is 0 Å². The van der Waals surface area contributed by atoms with E-state index in [4.69, 9.17) is 0 Å². The zero-order chi connectivity index (χ0) is 18.5. The highest BCUT2D eigenvalue weighted by Gasteiger charge is 2.11. The topological polar surface area (TPSA) is 71.1 Å². The van der Waals surface area contributed by atoms with Gasteiger partial charge in [0.05, 0.1) is 0 Å². The molecule has 2 amide bonds. The lowest BCUT2D eigenvalue weighted by molar-refractivity contribution is 0.101. The normalized spacial score (nSPS) is 10.2. The molecule has 3 rings (SSSR count). The van der Waals surface area contributed by atoms with Crippen molar-refractivity contribution in [1.82, 2.24) is 4.98 Å². The molecule has 0 aliphatic carbocycles. The maximum atomic E-state index is 13.2. The van der Waals surface area contributed by atoms with Crippen molar-refractivity contribution in [3.63, 3.8) is 0 Å². The summed E-state index contributed by atoms with van der Waals surface area (Å²) in [5, 5.41) is 5.27. The van der Waals surface area contributed by atoms with Gasteiger partial charge in [0.1, 0.15) is 0 Å². The smallest absolute Gasteiger partial charge is 0.255 e. The Bertz CT molecular complexity index is 962. The molecule has 0 fully saturated rings. The Balaban J connectivity index is 1.72. The molecule has 0 aliphatic rings. The first-order valence-electron chi connectivity index (χ1n) is 7.61. The van der Waals surface area contributed by atoms with Crippen LogP contribution < -0.4 is 10.6 Å². The van der Waals surface area contributed by atoms with Gasteiger partial charge in [-0.15, -0.1) is 0 Å². The van der Waals surface area contributed by atoms with Crippen molar-refractivity contribution in [2.75, 3.05) is 10.6 Å². The van der Waals surface area contributed by atoms with Crippen molar-refractivity contribution in [3.8, 4) is 0 Å². The van der Waals surface area contributed by atoms with Crippen LogP contribution >= 0.6 is 0 Å². The van der Waals surface area contributed by atoms with E-state index in [0.29, 0.717) is 16.9 Å². The van der Waals surface area contributed by atoms with Crippen molar-refractivity contribution in [2.24, 2.45) is 0 Å². The van der Waals surface area contributed by atoms with Crippen molar-refractivity contribution in [3.05, 3.63) is 89.8 Å². The van der Waals surface area contributed by atoms with Crippen LogP contribution in [0.3, 0.4) is 0 Å². The van der Waals surface area contributed by atoms with Crippen LogP contribution in [0.4, 0.5) is 20.2 Å². The summed E-state index contributed by atoms with van der Waals surface area (Å²) in [6, 6.07) is 12.5. The number of pyridine rings is 1. The van der Waals surface area contributed by atoms with Gasteiger partial charge < -0.3 is 10.6 Å². The first kappa shape index (κ1) is 17.2. The average molecular weight is 353 g/mol. The molecule has 0 bridgehead atoms. The second-order valence-corrected chi connectivity index (χ2v) is 5.35. The Morgan fingerprint density at radius 3 is 1.96 bits per heavy atom. The van der Waals surface area contributed by atoms with Crippen LogP contribution in [0.2, 0.25) is 0 Å². The Morgan fingerprint density at radius 1 is 0.731 bits per heavy atom. The van der Waals surface area contributed by atoms with E-state index in [1.807, 2.05) is 0 Å². The van der Waals surface area contributed by atoms with E-state index in [1.54, 1.807) is 36.4 Å². The number of amides is 2. The predicted molar refractivity (Wildman–Crippen MR) is 92.9 cm³/mol. The number of carbonyl (C=O) groups is 2. The number of hydrogen-bond donors (Lipinski definition) is 2. The van der Waals surface area contributed by atoms with Gasteiger partial charge in [-0.3, -0.25) is 14.6 Å². The van der Waals surface area contributed by atoms with Crippen LogP contribution in [0, 0.1) is 11.6 Å². The number of rotatable bonds is 4. The van der Waals surface area contributed by atoms with Crippen molar-refractivity contribution < 1.29 is 18.4 Å². The maximum absolute atomic E-state index is 13.2. The lowest BCUT2D eigenvalue weighted by Gasteiger charge is -2.09. The van der Waals surface area contributed by atoms with Gasteiger partial charge in [0.2, 0.25) is 0 Å². The van der Waals surface area contributed by atoms with E-state index < -0.39 is 17.5 Å². The minimum absolute atomic E-state index is 0.0184. The monoisotopic (exact) mass is 353 g/mol. The number of carbonyl (C=O) groups excluding carboxylic acids is 2. The van der Waals surface area contributed by atoms with Gasteiger partial charge in [0.15, 0.2) is 11.6 Å².